The highest BCUT2D eigenvalue weighted by molar-refractivity contribution is 7.98. The molecule has 0 aliphatic carbocycles. The van der Waals surface area contributed by atoms with Gasteiger partial charge in [0.15, 0.2) is 0 Å². The number of rotatable bonds is 8. The average molecular weight is 267 g/mol. The Morgan fingerprint density at radius 2 is 2.22 bits per heavy atom. The Morgan fingerprint density at radius 1 is 1.39 bits per heavy atom. The second-order valence-corrected chi connectivity index (χ2v) is 4.95. The zero-order valence-electron chi connectivity index (χ0n) is 11.0. The van der Waals surface area contributed by atoms with Crippen molar-refractivity contribution < 1.29 is 4.79 Å². The Kier molecular flexibility index (Phi) is 7.25. The fourth-order valence-corrected chi connectivity index (χ4v) is 1.84. The molecule has 18 heavy (non-hydrogen) atoms. The van der Waals surface area contributed by atoms with Crippen molar-refractivity contribution in [1.29, 1.82) is 0 Å². The van der Waals surface area contributed by atoms with Crippen molar-refractivity contribution in [3.05, 3.63) is 23.9 Å². The molecule has 1 rings (SSSR count). The fourth-order valence-electron chi connectivity index (χ4n) is 1.41. The van der Waals surface area contributed by atoms with Crippen LogP contribution in [0.15, 0.2) is 18.3 Å². The summed E-state index contributed by atoms with van der Waals surface area (Å²) >= 11 is 1.79. The highest BCUT2D eigenvalue weighted by Gasteiger charge is 2.04. The molecule has 0 saturated heterocycles. The summed E-state index contributed by atoms with van der Waals surface area (Å²) in [5, 5.41) is 6.06. The van der Waals surface area contributed by atoms with Crippen molar-refractivity contribution in [2.45, 2.75) is 19.8 Å². The third-order valence-electron chi connectivity index (χ3n) is 2.39. The lowest BCUT2D eigenvalue weighted by atomic mass is 10.2. The normalized spacial score (nSPS) is 10.1. The van der Waals surface area contributed by atoms with E-state index in [0.29, 0.717) is 5.56 Å². The molecule has 0 atom stereocenters. The molecule has 0 spiro atoms. The fraction of sp³-hybridized carbons (Fsp3) is 0.538. The molecular weight excluding hydrogens is 246 g/mol. The van der Waals surface area contributed by atoms with Gasteiger partial charge in [0.1, 0.15) is 5.82 Å². The SMILES string of the molecule is CCCNc1ccc(C(=O)NCCCSC)cn1. The molecular formula is C13H21N3OS. The topological polar surface area (TPSA) is 54.0 Å². The minimum atomic E-state index is -0.0503. The number of amides is 1. The summed E-state index contributed by atoms with van der Waals surface area (Å²) in [6, 6.07) is 3.64. The van der Waals surface area contributed by atoms with Gasteiger partial charge in [0.25, 0.3) is 5.91 Å². The van der Waals surface area contributed by atoms with Crippen molar-refractivity contribution in [1.82, 2.24) is 10.3 Å². The van der Waals surface area contributed by atoms with E-state index in [9.17, 15) is 4.79 Å². The van der Waals surface area contributed by atoms with E-state index >= 15 is 0 Å². The highest BCUT2D eigenvalue weighted by atomic mass is 32.2. The molecule has 2 N–H and O–H groups in total. The van der Waals surface area contributed by atoms with E-state index in [1.165, 1.54) is 0 Å². The first-order chi connectivity index (χ1) is 8.77. The van der Waals surface area contributed by atoms with Crippen LogP contribution in [0.5, 0.6) is 0 Å². The Balaban J connectivity index is 2.38. The molecule has 0 aliphatic heterocycles. The molecule has 0 aromatic carbocycles. The number of aromatic nitrogens is 1. The largest absolute Gasteiger partial charge is 0.370 e. The third kappa shape index (κ3) is 5.40. The average Bonchev–Trinajstić information content (AvgIpc) is 2.41. The van der Waals surface area contributed by atoms with Crippen LogP contribution in [0.25, 0.3) is 0 Å². The van der Waals surface area contributed by atoms with Crippen LogP contribution in [0.2, 0.25) is 0 Å². The van der Waals surface area contributed by atoms with Crippen LogP contribution in [-0.4, -0.2) is 36.0 Å². The molecule has 1 aromatic rings. The first kappa shape index (κ1) is 14.8. The number of hydrogen-bond acceptors (Lipinski definition) is 4. The summed E-state index contributed by atoms with van der Waals surface area (Å²) in [7, 11) is 0. The Hall–Kier alpha value is -1.23. The summed E-state index contributed by atoms with van der Waals surface area (Å²) in [5.41, 5.74) is 0.612. The summed E-state index contributed by atoms with van der Waals surface area (Å²) in [5.74, 6) is 1.83. The van der Waals surface area contributed by atoms with Gasteiger partial charge in [-0.2, -0.15) is 11.8 Å². The number of nitrogens with zero attached hydrogens (tertiary/aromatic N) is 1. The smallest absolute Gasteiger partial charge is 0.252 e. The molecule has 0 bridgehead atoms. The second kappa shape index (κ2) is 8.80. The van der Waals surface area contributed by atoms with Gasteiger partial charge in [0.2, 0.25) is 0 Å². The van der Waals surface area contributed by atoms with Gasteiger partial charge < -0.3 is 10.6 Å². The van der Waals surface area contributed by atoms with Crippen molar-refractivity contribution in [2.75, 3.05) is 30.4 Å². The molecule has 5 heteroatoms. The maximum Gasteiger partial charge on any atom is 0.252 e. The van der Waals surface area contributed by atoms with Crippen LogP contribution in [0.4, 0.5) is 5.82 Å². The Bertz CT molecular complexity index is 354. The minimum absolute atomic E-state index is 0.0503. The lowest BCUT2D eigenvalue weighted by Crippen LogP contribution is -2.24. The predicted molar refractivity (Wildman–Crippen MR) is 78.3 cm³/mol. The summed E-state index contributed by atoms with van der Waals surface area (Å²) in [6.45, 7) is 3.71. The number of nitrogens with one attached hydrogen (secondary N) is 2. The van der Waals surface area contributed by atoms with E-state index in [0.717, 1.165) is 37.5 Å². The van der Waals surface area contributed by atoms with E-state index in [1.54, 1.807) is 24.0 Å². The second-order valence-electron chi connectivity index (χ2n) is 3.96. The van der Waals surface area contributed by atoms with Gasteiger partial charge in [-0.25, -0.2) is 4.98 Å². The lowest BCUT2D eigenvalue weighted by molar-refractivity contribution is 0.0953. The van der Waals surface area contributed by atoms with Crippen LogP contribution < -0.4 is 10.6 Å². The minimum Gasteiger partial charge on any atom is -0.370 e. The molecule has 1 heterocycles. The van der Waals surface area contributed by atoms with Gasteiger partial charge in [-0.3, -0.25) is 4.79 Å². The highest BCUT2D eigenvalue weighted by Crippen LogP contribution is 2.05. The molecule has 0 fully saturated rings. The number of pyridine rings is 1. The Labute approximate surface area is 113 Å². The quantitative estimate of drug-likeness (QED) is 0.710. The third-order valence-corrected chi connectivity index (χ3v) is 3.09. The standard InChI is InChI=1S/C13H21N3OS/c1-3-7-14-12-6-5-11(10-16-12)13(17)15-8-4-9-18-2/h5-6,10H,3-4,7-9H2,1-2H3,(H,14,16)(H,15,17). The molecule has 0 radical (unpaired) electrons. The van der Waals surface area contributed by atoms with Crippen molar-refractivity contribution in [2.24, 2.45) is 0 Å². The number of thioether (sulfide) groups is 1. The molecule has 1 amide bonds. The first-order valence-corrected chi connectivity index (χ1v) is 7.64. The Morgan fingerprint density at radius 3 is 2.83 bits per heavy atom. The van der Waals surface area contributed by atoms with Gasteiger partial charge in [0, 0.05) is 19.3 Å². The molecule has 4 nitrogen and oxygen atoms in total. The zero-order valence-corrected chi connectivity index (χ0v) is 11.8. The maximum absolute atomic E-state index is 11.8. The van der Waals surface area contributed by atoms with Gasteiger partial charge in [0.05, 0.1) is 5.56 Å². The number of carbonyl (C=O) groups excluding carboxylic acids is 1. The summed E-state index contributed by atoms with van der Waals surface area (Å²) < 4.78 is 0. The van der Waals surface area contributed by atoms with Gasteiger partial charge in [-0.1, -0.05) is 6.92 Å². The molecule has 1 aromatic heterocycles. The van der Waals surface area contributed by atoms with E-state index in [4.69, 9.17) is 0 Å². The van der Waals surface area contributed by atoms with Crippen molar-refractivity contribution in [3.8, 4) is 0 Å². The number of carbonyl (C=O) groups is 1. The van der Waals surface area contributed by atoms with Crippen LogP contribution in [0, 0.1) is 0 Å². The van der Waals surface area contributed by atoms with E-state index in [1.807, 2.05) is 6.07 Å². The number of hydrogen-bond donors (Lipinski definition) is 2. The molecule has 0 unspecified atom stereocenters. The van der Waals surface area contributed by atoms with E-state index in [-0.39, 0.29) is 5.91 Å². The van der Waals surface area contributed by atoms with Crippen molar-refractivity contribution in [3.63, 3.8) is 0 Å². The van der Waals surface area contributed by atoms with Crippen LogP contribution in [-0.2, 0) is 0 Å². The monoisotopic (exact) mass is 267 g/mol. The van der Waals surface area contributed by atoms with Gasteiger partial charge in [-0.15, -0.1) is 0 Å². The maximum atomic E-state index is 11.8. The zero-order chi connectivity index (χ0) is 13.2. The number of anilines is 1. The molecule has 0 saturated carbocycles. The van der Waals surface area contributed by atoms with Crippen LogP contribution in [0.3, 0.4) is 0 Å². The van der Waals surface area contributed by atoms with E-state index < -0.39 is 0 Å². The van der Waals surface area contributed by atoms with Crippen LogP contribution in [0.1, 0.15) is 30.1 Å². The molecule has 100 valence electrons. The lowest BCUT2D eigenvalue weighted by Gasteiger charge is -2.06. The summed E-state index contributed by atoms with van der Waals surface area (Å²) in [6.07, 6.45) is 5.73. The summed E-state index contributed by atoms with van der Waals surface area (Å²) in [4.78, 5) is 16.0. The molecule has 0 aliphatic rings. The first-order valence-electron chi connectivity index (χ1n) is 6.25. The predicted octanol–water partition coefficient (Wildman–Crippen LogP) is 2.39. The van der Waals surface area contributed by atoms with E-state index in [2.05, 4.69) is 28.8 Å². The van der Waals surface area contributed by atoms with Gasteiger partial charge >= 0.3 is 0 Å². The van der Waals surface area contributed by atoms with Crippen molar-refractivity contribution >= 4 is 23.5 Å². The van der Waals surface area contributed by atoms with Crippen LogP contribution >= 0.6 is 11.8 Å². The van der Waals surface area contributed by atoms with Gasteiger partial charge in [-0.05, 0) is 37.0 Å².